The molecule has 1 saturated heterocycles. The Kier molecular flexibility index (Phi) is 4.00. The van der Waals surface area contributed by atoms with Gasteiger partial charge in [0.05, 0.1) is 23.9 Å². The van der Waals surface area contributed by atoms with E-state index in [0.29, 0.717) is 30.0 Å². The maximum atomic E-state index is 13.0. The number of nitrogens with zero attached hydrogens (tertiary/aromatic N) is 6. The fourth-order valence-electron chi connectivity index (χ4n) is 2.75. The fourth-order valence-corrected chi connectivity index (χ4v) is 2.75. The molecule has 0 aliphatic carbocycles. The Hall–Kier alpha value is -2.47. The monoisotopic (exact) mass is 322 g/mol. The third-order valence-corrected chi connectivity index (χ3v) is 3.86. The zero-order valence-electron chi connectivity index (χ0n) is 12.0. The van der Waals surface area contributed by atoms with Crippen molar-refractivity contribution in [2.24, 2.45) is 0 Å². The topological polar surface area (TPSA) is 70.6 Å². The minimum atomic E-state index is -4.25. The molecule has 120 valence electrons. The number of alkyl halides is 3. The highest BCUT2D eigenvalue weighted by Gasteiger charge is 2.46. The molecule has 1 aliphatic heterocycles. The van der Waals surface area contributed by atoms with Crippen LogP contribution < -0.4 is 0 Å². The highest BCUT2D eigenvalue weighted by atomic mass is 19.4. The van der Waals surface area contributed by atoms with Gasteiger partial charge in [-0.1, -0.05) is 0 Å². The van der Waals surface area contributed by atoms with Gasteiger partial charge in [0.15, 0.2) is 5.82 Å². The quantitative estimate of drug-likeness (QED) is 0.865. The number of likely N-dealkylation sites (tertiary alicyclic amines) is 1. The molecule has 0 saturated carbocycles. The Balaban J connectivity index is 1.82. The summed E-state index contributed by atoms with van der Waals surface area (Å²) in [5.41, 5.74) is 1.09. The molecule has 1 aromatic carbocycles. The predicted octanol–water partition coefficient (Wildman–Crippen LogP) is 2.06. The van der Waals surface area contributed by atoms with Crippen LogP contribution in [0.2, 0.25) is 0 Å². The predicted molar refractivity (Wildman–Crippen MR) is 73.4 cm³/mol. The summed E-state index contributed by atoms with van der Waals surface area (Å²) in [6.45, 7) is 0.390. The molecular weight excluding hydrogens is 309 g/mol. The van der Waals surface area contributed by atoms with Crippen molar-refractivity contribution < 1.29 is 13.2 Å². The van der Waals surface area contributed by atoms with Crippen molar-refractivity contribution in [3.63, 3.8) is 0 Å². The van der Waals surface area contributed by atoms with Gasteiger partial charge in [0.2, 0.25) is 0 Å². The number of tetrazole rings is 1. The van der Waals surface area contributed by atoms with Crippen molar-refractivity contribution >= 4 is 0 Å². The van der Waals surface area contributed by atoms with Crippen LogP contribution in [0.3, 0.4) is 0 Å². The zero-order valence-corrected chi connectivity index (χ0v) is 12.0. The lowest BCUT2D eigenvalue weighted by atomic mass is 10.2. The number of aromatic nitrogens is 4. The van der Waals surface area contributed by atoms with Gasteiger partial charge >= 0.3 is 6.18 Å². The van der Waals surface area contributed by atoms with E-state index < -0.39 is 12.2 Å². The molecule has 0 amide bonds. The molecule has 9 heteroatoms. The molecule has 23 heavy (non-hydrogen) atoms. The van der Waals surface area contributed by atoms with E-state index in [9.17, 15) is 13.2 Å². The number of benzene rings is 1. The van der Waals surface area contributed by atoms with Crippen molar-refractivity contribution in [1.29, 1.82) is 5.26 Å². The second kappa shape index (κ2) is 5.96. The van der Waals surface area contributed by atoms with Gasteiger partial charge in [0.1, 0.15) is 6.04 Å². The standard InChI is InChI=1S/C14H13F3N6/c15-14(16,17)12-2-1-7-22(12)9-13-19-20-21-23(13)11-5-3-10(8-18)4-6-11/h3-6,12H,1-2,7,9H2. The van der Waals surface area contributed by atoms with Crippen LogP contribution in [-0.4, -0.2) is 43.9 Å². The van der Waals surface area contributed by atoms with E-state index in [2.05, 4.69) is 15.5 Å². The van der Waals surface area contributed by atoms with E-state index in [1.165, 1.54) is 9.58 Å². The fraction of sp³-hybridized carbons (Fsp3) is 0.429. The molecule has 1 aromatic heterocycles. The van der Waals surface area contributed by atoms with E-state index in [4.69, 9.17) is 5.26 Å². The maximum absolute atomic E-state index is 13.0. The normalized spacial score (nSPS) is 19.0. The minimum Gasteiger partial charge on any atom is -0.285 e. The molecule has 1 atom stereocenters. The summed E-state index contributed by atoms with van der Waals surface area (Å²) >= 11 is 0. The van der Waals surface area contributed by atoms with Crippen LogP contribution >= 0.6 is 0 Å². The van der Waals surface area contributed by atoms with Crippen molar-refractivity contribution in [3.8, 4) is 11.8 Å². The van der Waals surface area contributed by atoms with Crippen LogP contribution in [0.25, 0.3) is 5.69 Å². The number of nitriles is 1. The second-order valence-electron chi connectivity index (χ2n) is 5.34. The van der Waals surface area contributed by atoms with Gasteiger partial charge in [-0.15, -0.1) is 5.10 Å². The van der Waals surface area contributed by atoms with Crippen LogP contribution in [0.1, 0.15) is 24.2 Å². The van der Waals surface area contributed by atoms with E-state index in [1.54, 1.807) is 24.3 Å². The van der Waals surface area contributed by atoms with Crippen LogP contribution in [0.5, 0.6) is 0 Å². The average Bonchev–Trinajstić information content (AvgIpc) is 3.16. The van der Waals surface area contributed by atoms with E-state index in [-0.39, 0.29) is 13.0 Å². The number of halogens is 3. The van der Waals surface area contributed by atoms with Crippen molar-refractivity contribution in [3.05, 3.63) is 35.7 Å². The Labute approximate surface area is 130 Å². The van der Waals surface area contributed by atoms with Gasteiger partial charge in [0.25, 0.3) is 0 Å². The SMILES string of the molecule is N#Cc1ccc(-n2nnnc2CN2CCCC2C(F)(F)F)cc1. The largest absolute Gasteiger partial charge is 0.404 e. The van der Waals surface area contributed by atoms with Gasteiger partial charge in [0, 0.05) is 0 Å². The van der Waals surface area contributed by atoms with Crippen molar-refractivity contribution in [1.82, 2.24) is 25.1 Å². The van der Waals surface area contributed by atoms with Gasteiger partial charge in [-0.2, -0.15) is 23.1 Å². The summed E-state index contributed by atoms with van der Waals surface area (Å²) in [6, 6.07) is 7.08. The minimum absolute atomic E-state index is 0.0250. The van der Waals surface area contributed by atoms with Gasteiger partial charge in [-0.25, -0.2) is 0 Å². The van der Waals surface area contributed by atoms with Gasteiger partial charge in [-0.3, -0.25) is 4.90 Å². The van der Waals surface area contributed by atoms with Gasteiger partial charge < -0.3 is 0 Å². The lowest BCUT2D eigenvalue weighted by Gasteiger charge is -2.25. The molecule has 1 unspecified atom stereocenters. The molecule has 1 aliphatic rings. The summed E-state index contributed by atoms with van der Waals surface area (Å²) < 4.78 is 40.4. The van der Waals surface area contributed by atoms with E-state index in [0.717, 1.165) is 0 Å². The molecule has 6 nitrogen and oxygen atoms in total. The molecule has 0 spiro atoms. The summed E-state index contributed by atoms with van der Waals surface area (Å²) in [5.74, 6) is 0.339. The first-order valence-electron chi connectivity index (χ1n) is 7.07. The molecule has 2 aromatic rings. The Bertz CT molecular complexity index is 715. The zero-order chi connectivity index (χ0) is 16.4. The first-order chi connectivity index (χ1) is 11.0. The lowest BCUT2D eigenvalue weighted by molar-refractivity contribution is -0.177. The number of hydrogen-bond acceptors (Lipinski definition) is 5. The second-order valence-corrected chi connectivity index (χ2v) is 5.34. The molecule has 1 fully saturated rings. The molecule has 0 N–H and O–H groups in total. The molecule has 3 rings (SSSR count). The van der Waals surface area contributed by atoms with Crippen LogP contribution in [0, 0.1) is 11.3 Å². The highest BCUT2D eigenvalue weighted by Crippen LogP contribution is 2.33. The van der Waals surface area contributed by atoms with Crippen molar-refractivity contribution in [2.45, 2.75) is 31.6 Å². The van der Waals surface area contributed by atoms with Gasteiger partial charge in [-0.05, 0) is 54.1 Å². The number of hydrogen-bond donors (Lipinski definition) is 0. The average molecular weight is 322 g/mol. The van der Waals surface area contributed by atoms with Crippen molar-refractivity contribution in [2.75, 3.05) is 6.54 Å². The van der Waals surface area contributed by atoms with Crippen LogP contribution in [0.4, 0.5) is 13.2 Å². The Morgan fingerprint density at radius 1 is 1.26 bits per heavy atom. The first kappa shape index (κ1) is 15.4. The van der Waals surface area contributed by atoms with Crippen LogP contribution in [0.15, 0.2) is 24.3 Å². The molecule has 2 heterocycles. The van der Waals surface area contributed by atoms with E-state index >= 15 is 0 Å². The maximum Gasteiger partial charge on any atom is 0.404 e. The molecule has 0 bridgehead atoms. The third-order valence-electron chi connectivity index (χ3n) is 3.86. The Morgan fingerprint density at radius 3 is 2.65 bits per heavy atom. The van der Waals surface area contributed by atoms with Crippen LogP contribution in [-0.2, 0) is 6.54 Å². The summed E-state index contributed by atoms with van der Waals surface area (Å²) in [4.78, 5) is 1.35. The number of rotatable bonds is 3. The lowest BCUT2D eigenvalue weighted by Crippen LogP contribution is -2.41. The highest BCUT2D eigenvalue weighted by molar-refractivity contribution is 5.38. The first-order valence-corrected chi connectivity index (χ1v) is 7.07. The molecule has 0 radical (unpaired) electrons. The molecular formula is C14H13F3N6. The third kappa shape index (κ3) is 3.17. The smallest absolute Gasteiger partial charge is 0.285 e. The summed E-state index contributed by atoms with van der Waals surface area (Å²) in [7, 11) is 0. The summed E-state index contributed by atoms with van der Waals surface area (Å²) in [6.07, 6.45) is -3.65. The Morgan fingerprint density at radius 2 is 2.00 bits per heavy atom. The van der Waals surface area contributed by atoms with E-state index in [1.807, 2.05) is 6.07 Å². The summed E-state index contributed by atoms with van der Waals surface area (Å²) in [5, 5.41) is 20.0.